The third-order valence-corrected chi connectivity index (χ3v) is 3.64. The summed E-state index contributed by atoms with van der Waals surface area (Å²) in [7, 11) is 0. The second-order valence-electron chi connectivity index (χ2n) is 5.35. The van der Waals surface area contributed by atoms with Crippen molar-refractivity contribution in [2.75, 3.05) is 0 Å². The molecule has 0 aromatic heterocycles. The van der Waals surface area contributed by atoms with Crippen molar-refractivity contribution in [3.8, 4) is 5.75 Å². The number of hydrogen-bond donors (Lipinski definition) is 1. The first-order chi connectivity index (χ1) is 11.6. The molecule has 0 saturated carbocycles. The number of ketones is 1. The van der Waals surface area contributed by atoms with E-state index < -0.39 is 0 Å². The lowest BCUT2D eigenvalue weighted by atomic mass is 9.95. The zero-order chi connectivity index (χ0) is 16.9. The van der Waals surface area contributed by atoms with Crippen LogP contribution in [0.4, 0.5) is 4.39 Å². The van der Waals surface area contributed by atoms with Crippen LogP contribution in [0.5, 0.6) is 5.75 Å². The van der Waals surface area contributed by atoms with E-state index in [4.69, 9.17) is 0 Å². The molecular formula is C21H15FO2. The van der Waals surface area contributed by atoms with Crippen molar-refractivity contribution in [2.24, 2.45) is 0 Å². The average Bonchev–Trinajstić information content (AvgIpc) is 2.62. The van der Waals surface area contributed by atoms with Crippen LogP contribution in [-0.2, 0) is 0 Å². The van der Waals surface area contributed by atoms with E-state index in [2.05, 4.69) is 0 Å². The number of allylic oxidation sites excluding steroid dienone is 1. The summed E-state index contributed by atoms with van der Waals surface area (Å²) < 4.78 is 13.1. The molecule has 0 amide bonds. The van der Waals surface area contributed by atoms with Gasteiger partial charge in [0.05, 0.1) is 0 Å². The highest BCUT2D eigenvalue weighted by Gasteiger charge is 2.14. The lowest BCUT2D eigenvalue weighted by Crippen LogP contribution is -2.02. The van der Waals surface area contributed by atoms with Gasteiger partial charge in [-0.15, -0.1) is 0 Å². The lowest BCUT2D eigenvalue weighted by Gasteiger charge is -2.08. The molecular weight excluding hydrogens is 303 g/mol. The van der Waals surface area contributed by atoms with E-state index in [1.807, 2.05) is 30.3 Å². The first-order valence-electron chi connectivity index (χ1n) is 7.50. The van der Waals surface area contributed by atoms with Crippen LogP contribution in [0.3, 0.4) is 0 Å². The molecule has 2 nitrogen and oxygen atoms in total. The quantitative estimate of drug-likeness (QED) is 0.419. The SMILES string of the molecule is O=C(/C(=C/c1ccc(F)cc1)c1ccccc1)c1ccc(O)cc1. The van der Waals surface area contributed by atoms with Gasteiger partial charge in [0.15, 0.2) is 5.78 Å². The number of hydrogen-bond acceptors (Lipinski definition) is 2. The third kappa shape index (κ3) is 3.58. The summed E-state index contributed by atoms with van der Waals surface area (Å²) in [5.41, 5.74) is 2.50. The zero-order valence-electron chi connectivity index (χ0n) is 12.8. The lowest BCUT2D eigenvalue weighted by molar-refractivity contribution is 0.105. The van der Waals surface area contributed by atoms with Gasteiger partial charge in [0, 0.05) is 11.1 Å². The first kappa shape index (κ1) is 15.7. The minimum atomic E-state index is -0.321. The number of Topliss-reactive ketones (excluding diaryl/α,β-unsaturated/α-hetero) is 1. The van der Waals surface area contributed by atoms with Gasteiger partial charge >= 0.3 is 0 Å². The summed E-state index contributed by atoms with van der Waals surface area (Å²) in [6.07, 6.45) is 1.74. The van der Waals surface area contributed by atoms with Gasteiger partial charge in [0.1, 0.15) is 11.6 Å². The standard InChI is InChI=1S/C21H15FO2/c22-18-10-6-15(7-11-18)14-20(16-4-2-1-3-5-16)21(24)17-8-12-19(23)13-9-17/h1-14,23H/b20-14+. The molecule has 1 N–H and O–H groups in total. The highest BCUT2D eigenvalue weighted by molar-refractivity contribution is 6.32. The molecule has 0 aliphatic rings. The maximum absolute atomic E-state index is 13.1. The Morgan fingerprint density at radius 1 is 0.792 bits per heavy atom. The van der Waals surface area contributed by atoms with Gasteiger partial charge in [-0.05, 0) is 53.6 Å². The van der Waals surface area contributed by atoms with E-state index in [1.54, 1.807) is 30.3 Å². The van der Waals surface area contributed by atoms with Crippen molar-refractivity contribution in [3.63, 3.8) is 0 Å². The number of rotatable bonds is 4. The van der Waals surface area contributed by atoms with Crippen LogP contribution < -0.4 is 0 Å². The number of phenolic OH excluding ortho intramolecular Hbond substituents is 1. The Labute approximate surface area is 139 Å². The Morgan fingerprint density at radius 3 is 2.04 bits per heavy atom. The Kier molecular flexibility index (Phi) is 4.52. The van der Waals surface area contributed by atoms with E-state index in [1.165, 1.54) is 24.3 Å². The van der Waals surface area contributed by atoms with Crippen molar-refractivity contribution < 1.29 is 14.3 Å². The fraction of sp³-hybridized carbons (Fsp3) is 0. The maximum atomic E-state index is 13.1. The highest BCUT2D eigenvalue weighted by atomic mass is 19.1. The number of carbonyl (C=O) groups excluding carboxylic acids is 1. The molecule has 118 valence electrons. The molecule has 0 heterocycles. The Balaban J connectivity index is 2.06. The Bertz CT molecular complexity index is 864. The number of phenols is 1. The highest BCUT2D eigenvalue weighted by Crippen LogP contribution is 2.24. The van der Waals surface area contributed by atoms with Crippen LogP contribution in [0, 0.1) is 5.82 Å². The van der Waals surface area contributed by atoms with Crippen molar-refractivity contribution in [1.82, 2.24) is 0 Å². The summed E-state index contributed by atoms with van der Waals surface area (Å²) >= 11 is 0. The molecule has 3 aromatic carbocycles. The summed E-state index contributed by atoms with van der Waals surface area (Å²) in [6.45, 7) is 0. The normalized spacial score (nSPS) is 11.3. The monoisotopic (exact) mass is 318 g/mol. The van der Waals surface area contributed by atoms with Gasteiger partial charge in [0.25, 0.3) is 0 Å². The van der Waals surface area contributed by atoms with Gasteiger partial charge in [-0.2, -0.15) is 0 Å². The molecule has 3 rings (SSSR count). The van der Waals surface area contributed by atoms with Gasteiger partial charge in [0.2, 0.25) is 0 Å². The fourth-order valence-electron chi connectivity index (χ4n) is 2.39. The zero-order valence-corrected chi connectivity index (χ0v) is 12.8. The molecule has 3 heteroatoms. The van der Waals surface area contributed by atoms with Crippen molar-refractivity contribution in [3.05, 3.63) is 101 Å². The van der Waals surface area contributed by atoms with Crippen LogP contribution in [0.2, 0.25) is 0 Å². The van der Waals surface area contributed by atoms with Crippen molar-refractivity contribution in [1.29, 1.82) is 0 Å². The van der Waals surface area contributed by atoms with Gasteiger partial charge in [-0.3, -0.25) is 4.79 Å². The van der Waals surface area contributed by atoms with Crippen molar-refractivity contribution in [2.45, 2.75) is 0 Å². The molecule has 0 bridgehead atoms. The number of carbonyl (C=O) groups is 1. The van der Waals surface area contributed by atoms with E-state index in [0.29, 0.717) is 11.1 Å². The Morgan fingerprint density at radius 2 is 1.42 bits per heavy atom. The smallest absolute Gasteiger partial charge is 0.193 e. The van der Waals surface area contributed by atoms with E-state index >= 15 is 0 Å². The molecule has 0 unspecified atom stereocenters. The topological polar surface area (TPSA) is 37.3 Å². The van der Waals surface area contributed by atoms with Crippen LogP contribution in [-0.4, -0.2) is 10.9 Å². The van der Waals surface area contributed by atoms with Crippen LogP contribution in [0.15, 0.2) is 78.9 Å². The van der Waals surface area contributed by atoms with Crippen LogP contribution >= 0.6 is 0 Å². The summed E-state index contributed by atoms with van der Waals surface area (Å²) in [5.74, 6) is -0.376. The minimum Gasteiger partial charge on any atom is -0.508 e. The fourth-order valence-corrected chi connectivity index (χ4v) is 2.39. The van der Waals surface area contributed by atoms with Gasteiger partial charge in [-0.25, -0.2) is 4.39 Å². The number of halogens is 1. The maximum Gasteiger partial charge on any atom is 0.193 e. The second kappa shape index (κ2) is 6.92. The van der Waals surface area contributed by atoms with E-state index in [0.717, 1.165) is 11.1 Å². The second-order valence-corrected chi connectivity index (χ2v) is 5.35. The molecule has 0 atom stereocenters. The predicted octanol–water partition coefficient (Wildman–Crippen LogP) is 4.95. The Hall–Kier alpha value is -3.20. The molecule has 24 heavy (non-hydrogen) atoms. The predicted molar refractivity (Wildman–Crippen MR) is 93.2 cm³/mol. The molecule has 0 aliphatic carbocycles. The molecule has 3 aromatic rings. The van der Waals surface area contributed by atoms with E-state index in [-0.39, 0.29) is 17.3 Å². The van der Waals surface area contributed by atoms with Crippen molar-refractivity contribution >= 4 is 17.4 Å². The van der Waals surface area contributed by atoms with E-state index in [9.17, 15) is 14.3 Å². The molecule has 0 fully saturated rings. The average molecular weight is 318 g/mol. The van der Waals surface area contributed by atoms with Gasteiger partial charge in [-0.1, -0.05) is 42.5 Å². The third-order valence-electron chi connectivity index (χ3n) is 3.64. The summed E-state index contributed by atoms with van der Waals surface area (Å²) in [6, 6.07) is 21.4. The van der Waals surface area contributed by atoms with Crippen LogP contribution in [0.1, 0.15) is 21.5 Å². The van der Waals surface area contributed by atoms with Crippen LogP contribution in [0.25, 0.3) is 11.6 Å². The molecule has 0 saturated heterocycles. The summed E-state index contributed by atoms with van der Waals surface area (Å²) in [5, 5.41) is 9.39. The minimum absolute atomic E-state index is 0.107. The van der Waals surface area contributed by atoms with Gasteiger partial charge < -0.3 is 5.11 Å². The molecule has 0 radical (unpaired) electrons. The number of aromatic hydroxyl groups is 1. The molecule has 0 aliphatic heterocycles. The number of benzene rings is 3. The molecule has 0 spiro atoms. The largest absolute Gasteiger partial charge is 0.508 e. The summed E-state index contributed by atoms with van der Waals surface area (Å²) in [4.78, 5) is 12.9. The first-order valence-corrected chi connectivity index (χ1v) is 7.50.